The highest BCUT2D eigenvalue weighted by atomic mass is 32.3. The first kappa shape index (κ1) is 18.4. The molecule has 0 saturated heterocycles. The quantitative estimate of drug-likeness (QED) is 0.723. The van der Waals surface area contributed by atoms with Gasteiger partial charge in [-0.3, -0.25) is 9.11 Å². The van der Waals surface area contributed by atoms with Gasteiger partial charge in [0.05, 0.1) is 12.3 Å². The third-order valence-corrected chi connectivity index (χ3v) is 7.03. The van der Waals surface area contributed by atoms with Gasteiger partial charge in [0.15, 0.2) is 5.82 Å². The topological polar surface area (TPSA) is 80.1 Å². The van der Waals surface area contributed by atoms with Crippen molar-refractivity contribution in [2.45, 2.75) is 25.9 Å². The monoisotopic (exact) mass is 397 g/mol. The van der Waals surface area contributed by atoms with E-state index in [2.05, 4.69) is 4.98 Å². The highest BCUT2D eigenvalue weighted by Crippen LogP contribution is 2.62. The molecule has 1 aliphatic carbocycles. The maximum atomic E-state index is 13.3. The van der Waals surface area contributed by atoms with Gasteiger partial charge in [-0.05, 0) is 47.2 Å². The van der Waals surface area contributed by atoms with E-state index in [1.54, 1.807) is 12.1 Å². The van der Waals surface area contributed by atoms with Gasteiger partial charge in [-0.1, -0.05) is 12.1 Å². The summed E-state index contributed by atoms with van der Waals surface area (Å²) in [7, 11) is -1.93. The van der Waals surface area contributed by atoms with Crippen LogP contribution in [0.1, 0.15) is 17.5 Å². The van der Waals surface area contributed by atoms with E-state index in [-0.39, 0.29) is 19.6 Å². The summed E-state index contributed by atoms with van der Waals surface area (Å²) in [6.45, 7) is 1.69. The third kappa shape index (κ3) is 2.94. The minimum absolute atomic E-state index is 0.0952. The number of rotatable bonds is 4. The molecule has 6 nitrogen and oxygen atoms in total. The number of aromatic nitrogens is 1. The molecule has 2 aromatic rings. The van der Waals surface area contributed by atoms with Gasteiger partial charge < -0.3 is 5.11 Å². The first-order valence-corrected chi connectivity index (χ1v) is 10.0. The highest BCUT2D eigenvalue weighted by molar-refractivity contribution is 8.26. The molecule has 2 heterocycles. The second-order valence-electron chi connectivity index (χ2n) is 7.06. The zero-order valence-electron chi connectivity index (χ0n) is 14.9. The van der Waals surface area contributed by atoms with Crippen LogP contribution in [0.4, 0.5) is 20.3 Å². The van der Waals surface area contributed by atoms with Crippen LogP contribution in [-0.2, 0) is 6.61 Å². The zero-order valence-corrected chi connectivity index (χ0v) is 15.7. The summed E-state index contributed by atoms with van der Waals surface area (Å²) >= 11 is 0. The van der Waals surface area contributed by atoms with Crippen molar-refractivity contribution in [3.05, 3.63) is 41.5 Å². The van der Waals surface area contributed by atoms with E-state index in [0.29, 0.717) is 17.2 Å². The third-order valence-electron chi connectivity index (χ3n) is 5.19. The van der Waals surface area contributed by atoms with E-state index in [1.807, 2.05) is 25.1 Å². The lowest BCUT2D eigenvalue weighted by molar-refractivity contribution is 0.101. The van der Waals surface area contributed by atoms with Gasteiger partial charge in [0.25, 0.3) is 5.92 Å². The first-order chi connectivity index (χ1) is 12.6. The van der Waals surface area contributed by atoms with Crippen LogP contribution in [-0.4, -0.2) is 38.7 Å². The van der Waals surface area contributed by atoms with Crippen molar-refractivity contribution in [1.82, 2.24) is 4.98 Å². The Hall–Kier alpha value is -1.94. The molecule has 27 heavy (non-hydrogen) atoms. The second-order valence-corrected chi connectivity index (χ2v) is 9.03. The van der Waals surface area contributed by atoms with Crippen molar-refractivity contribution in [3.8, 4) is 11.3 Å². The van der Waals surface area contributed by atoms with E-state index < -0.39 is 22.8 Å². The molecule has 1 aliphatic heterocycles. The maximum absolute atomic E-state index is 13.3. The molecule has 0 spiro atoms. The van der Waals surface area contributed by atoms with Gasteiger partial charge in [0, 0.05) is 31.5 Å². The summed E-state index contributed by atoms with van der Waals surface area (Å²) in [6, 6.07) is 8.95. The van der Waals surface area contributed by atoms with E-state index in [1.165, 1.54) is 15.7 Å². The molecule has 0 amide bonds. The smallest absolute Gasteiger partial charge is 0.253 e. The molecule has 146 valence electrons. The maximum Gasteiger partial charge on any atom is 0.253 e. The Morgan fingerprint density at radius 1 is 1.26 bits per heavy atom. The van der Waals surface area contributed by atoms with Crippen LogP contribution < -0.4 is 8.61 Å². The van der Waals surface area contributed by atoms with Crippen LogP contribution >= 0.6 is 11.0 Å². The summed E-state index contributed by atoms with van der Waals surface area (Å²) in [5.41, 5.74) is 3.57. The van der Waals surface area contributed by atoms with Crippen LogP contribution in [0.3, 0.4) is 0 Å². The van der Waals surface area contributed by atoms with Crippen molar-refractivity contribution in [1.29, 1.82) is 0 Å². The van der Waals surface area contributed by atoms with E-state index in [0.717, 1.165) is 16.7 Å². The Bertz CT molecular complexity index is 909. The fourth-order valence-electron chi connectivity index (χ4n) is 3.32. The van der Waals surface area contributed by atoms with Crippen LogP contribution in [0.5, 0.6) is 0 Å². The Kier molecular flexibility index (Phi) is 4.12. The number of aliphatic hydroxyl groups is 1. The lowest BCUT2D eigenvalue weighted by atomic mass is 10.0. The van der Waals surface area contributed by atoms with Crippen molar-refractivity contribution in [2.24, 2.45) is 5.92 Å². The Balaban J connectivity index is 1.73. The van der Waals surface area contributed by atoms with Crippen LogP contribution in [0.15, 0.2) is 30.3 Å². The van der Waals surface area contributed by atoms with Gasteiger partial charge in [-0.2, -0.15) is 0 Å². The summed E-state index contributed by atoms with van der Waals surface area (Å²) in [6.07, 6.45) is -0.239. The molecule has 9 heteroatoms. The number of aryl methyl sites for hydroxylation is 1. The molecule has 1 aromatic heterocycles. The number of fused-ring (bicyclic) bond motifs is 1. The van der Waals surface area contributed by atoms with Crippen LogP contribution in [0.25, 0.3) is 11.3 Å². The average molecular weight is 397 g/mol. The number of aliphatic hydroxyl groups excluding tert-OH is 1. The largest absolute Gasteiger partial charge is 0.392 e. The van der Waals surface area contributed by atoms with Gasteiger partial charge in [-0.25, -0.2) is 22.4 Å². The fraction of sp³-hybridized carbons (Fsp3) is 0.389. The Morgan fingerprint density at radius 3 is 2.59 bits per heavy atom. The molecule has 1 aromatic carbocycles. The molecule has 3 N–H and O–H groups in total. The zero-order chi connectivity index (χ0) is 19.6. The molecule has 1 unspecified atom stereocenters. The molecule has 1 fully saturated rings. The summed E-state index contributed by atoms with van der Waals surface area (Å²) in [5, 5.41) is 9.37. The Morgan fingerprint density at radius 2 is 1.96 bits per heavy atom. The van der Waals surface area contributed by atoms with Gasteiger partial charge in [0.1, 0.15) is 5.69 Å². The van der Waals surface area contributed by atoms with Crippen molar-refractivity contribution in [3.63, 3.8) is 0 Å². The Labute approximate surface area is 157 Å². The number of hydrogen-bond donors (Lipinski definition) is 3. The molecule has 1 atom stereocenters. The summed E-state index contributed by atoms with van der Waals surface area (Å²) < 4.78 is 50.3. The minimum Gasteiger partial charge on any atom is -0.392 e. The minimum atomic E-state index is -3.42. The number of halogens is 2. The number of hydrogen-bond acceptors (Lipinski definition) is 6. The molecular formula is C18H21F2N3O3S. The predicted octanol–water partition coefficient (Wildman–Crippen LogP) is 4.04. The molecule has 0 radical (unpaired) electrons. The van der Waals surface area contributed by atoms with E-state index in [9.17, 15) is 23.0 Å². The molecular weight excluding hydrogens is 376 g/mol. The second kappa shape index (κ2) is 6.03. The van der Waals surface area contributed by atoms with Crippen LogP contribution in [0, 0.1) is 12.8 Å². The number of nitrogens with zero attached hydrogens (tertiary/aromatic N) is 3. The van der Waals surface area contributed by atoms with Gasteiger partial charge >= 0.3 is 0 Å². The van der Waals surface area contributed by atoms with Crippen molar-refractivity contribution < 1.29 is 23.0 Å². The van der Waals surface area contributed by atoms with Crippen LogP contribution in [0.2, 0.25) is 0 Å². The SMILES string of the molecule is Cc1ccc(CO)cc1-c1ccc2c(n1)N(C)S(O)(O)N2CC1CC1(F)F. The number of alkyl halides is 2. The normalized spacial score (nSPS) is 23.3. The van der Waals surface area contributed by atoms with E-state index in [4.69, 9.17) is 0 Å². The van der Waals surface area contributed by atoms with Gasteiger partial charge in [-0.15, -0.1) is 0 Å². The predicted molar refractivity (Wildman–Crippen MR) is 102 cm³/mol. The molecule has 0 bridgehead atoms. The van der Waals surface area contributed by atoms with Crippen molar-refractivity contribution in [2.75, 3.05) is 22.2 Å². The molecule has 1 saturated carbocycles. The summed E-state index contributed by atoms with van der Waals surface area (Å²) in [4.78, 5) is 4.57. The fourth-order valence-corrected chi connectivity index (χ4v) is 4.77. The average Bonchev–Trinajstić information content (AvgIpc) is 3.19. The molecule has 4 rings (SSSR count). The first-order valence-electron chi connectivity index (χ1n) is 8.54. The number of benzene rings is 1. The number of pyridine rings is 1. The molecule has 2 aliphatic rings. The summed E-state index contributed by atoms with van der Waals surface area (Å²) in [5.74, 6) is -3.29. The lowest BCUT2D eigenvalue weighted by Crippen LogP contribution is -2.33. The highest BCUT2D eigenvalue weighted by Gasteiger charge is 2.59. The van der Waals surface area contributed by atoms with E-state index >= 15 is 0 Å². The lowest BCUT2D eigenvalue weighted by Gasteiger charge is -2.41. The van der Waals surface area contributed by atoms with Crippen molar-refractivity contribution >= 4 is 22.5 Å². The standard InChI is InChI=1S/C18H21F2N3O3S/c1-11-3-4-12(10-24)7-14(11)15-5-6-16-17(21-15)22(2)27(25,26)23(16)9-13-8-18(13,19)20/h3-7,13,24-26H,8-10H2,1-2H3. The van der Waals surface area contributed by atoms with Gasteiger partial charge in [0.2, 0.25) is 0 Å². The number of anilines is 2.